The van der Waals surface area contributed by atoms with Gasteiger partial charge < -0.3 is 0 Å². The molecule has 0 unspecified atom stereocenters. The number of alkyl halides is 6. The number of halogens is 6. The Labute approximate surface area is 252 Å². The average Bonchev–Trinajstić information content (AvgIpc) is 2.77. The molecule has 196 valence electrons. The fraction of sp³-hybridized carbons (Fsp3) is 1.00. The summed E-state index contributed by atoms with van der Waals surface area (Å²) in [7, 11) is -3.98. The molecule has 1 saturated carbocycles. The van der Waals surface area contributed by atoms with E-state index in [2.05, 4.69) is 20.3 Å². The molecule has 5 nitrogen and oxygen atoms in total. The van der Waals surface area contributed by atoms with Crippen LogP contribution >= 0.6 is 69.6 Å². The Morgan fingerprint density at radius 3 is 1.27 bits per heavy atom. The van der Waals surface area contributed by atoms with Crippen molar-refractivity contribution in [3.63, 3.8) is 0 Å². The summed E-state index contributed by atoms with van der Waals surface area (Å²) in [6, 6.07) is 0. The Morgan fingerprint density at radius 1 is 0.606 bits per heavy atom. The quantitative estimate of drug-likeness (QED) is 0.0638. The molecule has 0 heterocycles. The van der Waals surface area contributed by atoms with Crippen LogP contribution in [-0.2, 0) is 23.8 Å². The molecule has 0 aromatic carbocycles. The summed E-state index contributed by atoms with van der Waals surface area (Å²) in [5, 5.41) is -2.62. The van der Waals surface area contributed by atoms with Gasteiger partial charge in [-0.15, -0.1) is 69.6 Å². The molecule has 1 aliphatic carbocycles. The third kappa shape index (κ3) is 17.7. The summed E-state index contributed by atoms with van der Waals surface area (Å²) in [6.07, 6.45) is 12.0. The second-order valence-corrected chi connectivity index (χ2v) is 11.8. The van der Waals surface area contributed by atoms with E-state index in [1.807, 2.05) is 0 Å². The maximum absolute atomic E-state index is 11.1. The molecule has 0 aliphatic heterocycles. The molecule has 1 aliphatic rings. The maximum atomic E-state index is 11.1. The van der Waals surface area contributed by atoms with Crippen molar-refractivity contribution < 1.29 is 21.8 Å². The molecule has 1 rings (SSSR count). The number of hydrogen-bond acceptors (Lipinski definition) is 5. The molecule has 0 atom stereocenters. The second-order valence-electron chi connectivity index (χ2n) is 7.55. The van der Waals surface area contributed by atoms with E-state index in [0.29, 0.717) is 0 Å². The van der Waals surface area contributed by atoms with E-state index >= 15 is 0 Å². The first-order valence-corrected chi connectivity index (χ1v) is 15.1. The van der Waals surface area contributed by atoms with Crippen molar-refractivity contribution in [1.29, 1.82) is 0 Å². The molecule has 0 spiro atoms. The Morgan fingerprint density at radius 2 is 0.939 bits per heavy atom. The minimum absolute atomic E-state index is 0. The van der Waals surface area contributed by atoms with Crippen molar-refractivity contribution in [3.05, 3.63) is 0 Å². The van der Waals surface area contributed by atoms with E-state index in [1.54, 1.807) is 6.92 Å². The fourth-order valence-electron chi connectivity index (χ4n) is 2.93. The first kappa shape index (κ1) is 37.7. The first-order chi connectivity index (χ1) is 15.1. The normalized spacial score (nSPS) is 27.4. The van der Waals surface area contributed by atoms with Crippen LogP contribution in [0.2, 0.25) is 0 Å². The van der Waals surface area contributed by atoms with Crippen molar-refractivity contribution >= 4 is 110 Å². The van der Waals surface area contributed by atoms with Crippen molar-refractivity contribution in [2.45, 2.75) is 110 Å². The van der Waals surface area contributed by atoms with Crippen LogP contribution < -0.4 is 0 Å². The van der Waals surface area contributed by atoms with E-state index in [-0.39, 0.29) is 42.8 Å². The van der Waals surface area contributed by atoms with E-state index < -0.39 is 42.7 Å². The van der Waals surface area contributed by atoms with Gasteiger partial charge in [-0.05, 0) is 13.3 Å². The molecule has 0 bridgehead atoms. The van der Waals surface area contributed by atoms with Gasteiger partial charge in [-0.2, -0.15) is 8.42 Å². The minimum atomic E-state index is -3.98. The number of hydrogen-bond donors (Lipinski definition) is 0. The molecule has 0 amide bonds. The second kappa shape index (κ2) is 22.5. The van der Waals surface area contributed by atoms with Crippen molar-refractivity contribution in [2.24, 2.45) is 0 Å². The average molecular weight is 625 g/mol. The molecule has 13 heteroatoms. The summed E-state index contributed by atoms with van der Waals surface area (Å²) in [5.41, 5.74) is 0. The summed E-state index contributed by atoms with van der Waals surface area (Å²) in [6.45, 7) is 4.19. The third-order valence-electron chi connectivity index (χ3n) is 4.80. The van der Waals surface area contributed by atoms with Gasteiger partial charge in [0, 0.05) is 0 Å². The van der Waals surface area contributed by atoms with Crippen molar-refractivity contribution in [1.82, 2.24) is 0 Å². The van der Waals surface area contributed by atoms with Gasteiger partial charge in [-0.25, -0.2) is 9.07 Å². The predicted molar refractivity (Wildman–Crippen MR) is 144 cm³/mol. The number of rotatable bonds is 15. The van der Waals surface area contributed by atoms with E-state index in [4.69, 9.17) is 69.6 Å². The summed E-state index contributed by atoms with van der Waals surface area (Å²) >= 11 is 35.3. The molecule has 0 aromatic rings. The van der Waals surface area contributed by atoms with Crippen molar-refractivity contribution in [3.8, 4) is 0 Å². The molecular weight excluding hydrogens is 588 g/mol. The van der Waals surface area contributed by atoms with Crippen LogP contribution in [0.25, 0.3) is 0 Å². The van der Waals surface area contributed by atoms with Gasteiger partial charge in [0.15, 0.2) is 0 Å². The monoisotopic (exact) mass is 622 g/mol. The summed E-state index contributed by atoms with van der Waals surface area (Å²) in [5.74, 6) is 0. The van der Waals surface area contributed by atoms with Gasteiger partial charge >= 0.3 is 40.0 Å². The molecule has 0 radical (unpaired) electrons. The van der Waals surface area contributed by atoms with E-state index in [9.17, 15) is 8.42 Å². The SMILES string of the molecule is CCCCCCCCCCCCOS(=O)(=O)OOCC.Cl[C@H]1[C@H](Cl)[C@@H](Cl)[C@@H](Cl)[C@H](Cl)[C@H]1Cl.[NaH]. The van der Waals surface area contributed by atoms with Gasteiger partial charge in [0.1, 0.15) is 0 Å². The number of unbranched alkanes of at least 4 members (excludes halogenated alkanes) is 9. The van der Waals surface area contributed by atoms with Gasteiger partial charge in [0.25, 0.3) is 0 Å². The van der Waals surface area contributed by atoms with Crippen LogP contribution in [0.5, 0.6) is 0 Å². The van der Waals surface area contributed by atoms with Crippen LogP contribution in [-0.4, -0.2) is 83.5 Å². The Hall–Kier alpha value is 2.57. The standard InChI is InChI=1S/C14H30O5S.C6H6Cl6.Na.H/c1-3-5-6-7-8-9-10-11-12-13-14-18-20(15,16)19-17-4-2;7-1-2(8)4(10)6(12)5(11)3(1)9;;/h3-14H2,1-2H3;1-6H;;/t;1-,2-,3-,4+,5+,6+;;. The Kier molecular flexibility index (Phi) is 25.8. The van der Waals surface area contributed by atoms with Crippen LogP contribution in [0.3, 0.4) is 0 Å². The van der Waals surface area contributed by atoms with Crippen LogP contribution in [0, 0.1) is 0 Å². The zero-order valence-corrected chi connectivity index (χ0v) is 24.0. The van der Waals surface area contributed by atoms with Gasteiger partial charge in [-0.3, -0.25) is 0 Å². The molecule has 1 fully saturated rings. The van der Waals surface area contributed by atoms with Gasteiger partial charge in [0.05, 0.1) is 45.5 Å². The molecule has 0 aromatic heterocycles. The fourth-order valence-corrected chi connectivity index (χ4v) is 5.83. The zero-order chi connectivity index (χ0) is 24.6. The summed E-state index contributed by atoms with van der Waals surface area (Å²) in [4.78, 5) is 4.34. The van der Waals surface area contributed by atoms with E-state index in [0.717, 1.165) is 19.3 Å². The molecule has 33 heavy (non-hydrogen) atoms. The Bertz CT molecular complexity index is 505. The topological polar surface area (TPSA) is 61.8 Å². The van der Waals surface area contributed by atoms with Gasteiger partial charge in [0.2, 0.25) is 0 Å². The van der Waals surface area contributed by atoms with Crippen LogP contribution in [0.4, 0.5) is 0 Å². The zero-order valence-electron chi connectivity index (χ0n) is 18.7. The predicted octanol–water partition coefficient (Wildman–Crippen LogP) is 7.13. The third-order valence-corrected chi connectivity index (χ3v) is 9.55. The Balaban J connectivity index is 0. The van der Waals surface area contributed by atoms with Crippen molar-refractivity contribution in [2.75, 3.05) is 13.2 Å². The first-order valence-electron chi connectivity index (χ1n) is 11.1. The van der Waals surface area contributed by atoms with Gasteiger partial charge in [-0.1, -0.05) is 69.0 Å². The van der Waals surface area contributed by atoms with Crippen LogP contribution in [0.15, 0.2) is 0 Å². The molecular formula is C20H37Cl6NaO5S. The molecule has 0 saturated heterocycles. The summed E-state index contributed by atoms with van der Waals surface area (Å²) < 4.78 is 30.9. The molecule has 0 N–H and O–H groups in total. The van der Waals surface area contributed by atoms with Crippen LogP contribution in [0.1, 0.15) is 78.1 Å². The van der Waals surface area contributed by atoms with E-state index in [1.165, 1.54) is 44.9 Å².